The molecule has 11 heteroatoms. The first kappa shape index (κ1) is 28.1. The van der Waals surface area contributed by atoms with Crippen molar-refractivity contribution in [3.63, 3.8) is 0 Å². The van der Waals surface area contributed by atoms with Crippen LogP contribution in [0.3, 0.4) is 0 Å². The van der Waals surface area contributed by atoms with Crippen molar-refractivity contribution >= 4 is 35.0 Å². The zero-order valence-corrected chi connectivity index (χ0v) is 22.3. The summed E-state index contributed by atoms with van der Waals surface area (Å²) in [6.45, 7) is 4.40. The van der Waals surface area contributed by atoms with Crippen molar-refractivity contribution < 1.29 is 23.2 Å². The number of nitriles is 1. The number of fused-ring (bicyclic) bond motifs is 3. The Morgan fingerprint density at radius 2 is 2.05 bits per heavy atom. The van der Waals surface area contributed by atoms with Crippen LogP contribution in [0.2, 0.25) is 5.02 Å². The second kappa shape index (κ2) is 11.4. The molecule has 206 valence electrons. The van der Waals surface area contributed by atoms with E-state index in [0.717, 1.165) is 0 Å². The summed E-state index contributed by atoms with van der Waals surface area (Å²) in [5, 5.41) is 18.6. The first-order chi connectivity index (χ1) is 18.0. The largest absolute Gasteiger partial charge is 0.374 e. The van der Waals surface area contributed by atoms with Crippen molar-refractivity contribution in [2.45, 2.75) is 82.5 Å². The number of amides is 3. The summed E-state index contributed by atoms with van der Waals surface area (Å²) in [5.74, 6) is -6.18. The molecule has 8 nitrogen and oxygen atoms in total. The van der Waals surface area contributed by atoms with Crippen LogP contribution in [0.15, 0.2) is 24.3 Å². The van der Waals surface area contributed by atoms with Gasteiger partial charge in [0.1, 0.15) is 18.1 Å². The van der Waals surface area contributed by atoms with E-state index in [9.17, 15) is 19.6 Å². The summed E-state index contributed by atoms with van der Waals surface area (Å²) in [7, 11) is 0. The summed E-state index contributed by atoms with van der Waals surface area (Å²) >= 11 is 6.12. The zero-order valence-electron chi connectivity index (χ0n) is 21.6. The van der Waals surface area contributed by atoms with Gasteiger partial charge in [-0.25, -0.2) is 8.78 Å². The minimum absolute atomic E-state index is 0.0888. The van der Waals surface area contributed by atoms with Gasteiger partial charge in [0.25, 0.3) is 5.92 Å². The van der Waals surface area contributed by atoms with E-state index in [1.54, 1.807) is 24.3 Å². The molecule has 3 aliphatic heterocycles. The van der Waals surface area contributed by atoms with E-state index < -0.39 is 60.2 Å². The minimum atomic E-state index is -3.11. The number of alkyl halides is 2. The van der Waals surface area contributed by atoms with E-state index in [1.165, 1.54) is 4.90 Å². The third-order valence-corrected chi connectivity index (χ3v) is 8.02. The second-order valence-corrected chi connectivity index (χ2v) is 11.5. The van der Waals surface area contributed by atoms with Gasteiger partial charge in [-0.05, 0) is 56.2 Å². The molecule has 0 aromatic heterocycles. The van der Waals surface area contributed by atoms with Gasteiger partial charge in [0.05, 0.1) is 12.0 Å². The normalized spacial score (nSPS) is 27.4. The van der Waals surface area contributed by atoms with Crippen LogP contribution < -0.4 is 16.0 Å². The molecule has 1 aromatic rings. The number of nitrogens with one attached hydrogen (secondary N) is 3. The smallest absolute Gasteiger partial charge is 0.255 e. The molecule has 38 heavy (non-hydrogen) atoms. The summed E-state index contributed by atoms with van der Waals surface area (Å²) in [4.78, 5) is 40.9. The number of carbonyl (C=O) groups is 3. The van der Waals surface area contributed by atoms with Gasteiger partial charge in [-0.2, -0.15) is 5.26 Å². The number of anilines is 1. The van der Waals surface area contributed by atoms with Crippen molar-refractivity contribution in [3.8, 4) is 6.07 Å². The monoisotopic (exact) mass is 549 g/mol. The molecule has 3 amide bonds. The molecule has 2 bridgehead atoms. The van der Waals surface area contributed by atoms with Crippen LogP contribution in [-0.4, -0.2) is 59.3 Å². The Hall–Kier alpha value is -2.93. The van der Waals surface area contributed by atoms with Crippen LogP contribution in [0.1, 0.15) is 52.4 Å². The lowest BCUT2D eigenvalue weighted by Gasteiger charge is -2.54. The molecule has 6 atom stereocenters. The van der Waals surface area contributed by atoms with Crippen LogP contribution in [0.25, 0.3) is 0 Å². The van der Waals surface area contributed by atoms with E-state index in [1.807, 2.05) is 19.9 Å². The molecule has 4 fully saturated rings. The predicted octanol–water partition coefficient (Wildman–Crippen LogP) is 3.72. The van der Waals surface area contributed by atoms with Gasteiger partial charge in [-0.15, -0.1) is 0 Å². The molecule has 5 rings (SSSR count). The quantitative estimate of drug-likeness (QED) is 0.434. The molecule has 0 unspecified atom stereocenters. The molecular weight excluding hydrogens is 516 g/mol. The number of nitrogens with zero attached hydrogens (tertiary/aromatic N) is 2. The van der Waals surface area contributed by atoms with Crippen molar-refractivity contribution in [2.75, 3.05) is 11.9 Å². The molecule has 1 aromatic carbocycles. The van der Waals surface area contributed by atoms with E-state index in [4.69, 9.17) is 11.6 Å². The van der Waals surface area contributed by atoms with E-state index >= 15 is 8.78 Å². The lowest BCUT2D eigenvalue weighted by molar-refractivity contribution is -0.194. The SMILES string of the molecule is CC(C)C[C@H](Nc1cccc(Cl)c1)C(=O)N1[C@@H]2CC[C@H]([C@@H]1C(=O)N[C@H](C#N)C[C@H]1CCNC1=O)C(F)(F)C2. The molecule has 3 heterocycles. The number of piperidine rings is 2. The summed E-state index contributed by atoms with van der Waals surface area (Å²) in [6.07, 6.45) is 1.04. The summed E-state index contributed by atoms with van der Waals surface area (Å²) in [6, 6.07) is 4.89. The fourth-order valence-electron chi connectivity index (χ4n) is 6.03. The van der Waals surface area contributed by atoms with Crippen molar-refractivity contribution in [3.05, 3.63) is 29.3 Å². The fraction of sp³-hybridized carbons (Fsp3) is 0.630. The maximum Gasteiger partial charge on any atom is 0.255 e. The average Bonchev–Trinajstić information content (AvgIpc) is 3.25. The van der Waals surface area contributed by atoms with Crippen molar-refractivity contribution in [1.29, 1.82) is 5.26 Å². The van der Waals surface area contributed by atoms with Gasteiger partial charge in [-0.1, -0.05) is 31.5 Å². The maximum atomic E-state index is 15.1. The molecule has 1 aliphatic carbocycles. The second-order valence-electron chi connectivity index (χ2n) is 11.0. The Balaban J connectivity index is 1.59. The summed E-state index contributed by atoms with van der Waals surface area (Å²) < 4.78 is 30.2. The summed E-state index contributed by atoms with van der Waals surface area (Å²) in [5.41, 5.74) is 0.615. The third kappa shape index (κ3) is 6.04. The van der Waals surface area contributed by atoms with Crippen LogP contribution in [0, 0.1) is 29.1 Å². The standard InChI is InChI=1S/C27H34ClF2N5O3/c1-15(2)10-22(33-18-5-3-4-17(28)12-18)26(38)35-20-6-7-21(27(29,30)13-20)23(35)25(37)34-19(14-31)11-16-8-9-32-24(16)36/h3-5,12,15-16,19-23,33H,6-11,13H2,1-2H3,(H,32,36)(H,34,37)/t16-,19+,20-,21-,22+,23-/m1/s1. The molecule has 0 spiro atoms. The van der Waals surface area contributed by atoms with Gasteiger partial charge in [0, 0.05) is 35.6 Å². The van der Waals surface area contributed by atoms with Crippen molar-refractivity contribution in [2.24, 2.45) is 17.8 Å². The fourth-order valence-corrected chi connectivity index (χ4v) is 6.22. The Bertz CT molecular complexity index is 1110. The Labute approximate surface area is 226 Å². The highest BCUT2D eigenvalue weighted by molar-refractivity contribution is 6.30. The minimum Gasteiger partial charge on any atom is -0.374 e. The van der Waals surface area contributed by atoms with Gasteiger partial charge in [0.2, 0.25) is 17.7 Å². The average molecular weight is 550 g/mol. The highest BCUT2D eigenvalue weighted by Gasteiger charge is 2.61. The highest BCUT2D eigenvalue weighted by atomic mass is 35.5. The topological polar surface area (TPSA) is 114 Å². The van der Waals surface area contributed by atoms with Gasteiger partial charge >= 0.3 is 0 Å². The number of rotatable bonds is 9. The first-order valence-electron chi connectivity index (χ1n) is 13.2. The number of hydrogen-bond acceptors (Lipinski definition) is 5. The van der Waals surface area contributed by atoms with E-state index in [2.05, 4.69) is 16.0 Å². The zero-order chi connectivity index (χ0) is 27.6. The van der Waals surface area contributed by atoms with Crippen LogP contribution in [0.5, 0.6) is 0 Å². The number of hydrogen-bond donors (Lipinski definition) is 3. The van der Waals surface area contributed by atoms with Crippen LogP contribution in [-0.2, 0) is 14.4 Å². The van der Waals surface area contributed by atoms with E-state index in [-0.39, 0.29) is 24.7 Å². The number of benzene rings is 1. The van der Waals surface area contributed by atoms with Crippen molar-refractivity contribution in [1.82, 2.24) is 15.5 Å². The van der Waals surface area contributed by atoms with Gasteiger partial charge in [0.15, 0.2) is 0 Å². The number of halogens is 3. The Morgan fingerprint density at radius 3 is 2.66 bits per heavy atom. The molecular formula is C27H34ClF2N5O3. The lowest BCUT2D eigenvalue weighted by Crippen LogP contribution is -2.70. The van der Waals surface area contributed by atoms with Crippen LogP contribution >= 0.6 is 11.6 Å². The molecule has 4 aliphatic rings. The first-order valence-corrected chi connectivity index (χ1v) is 13.6. The molecule has 1 saturated carbocycles. The number of carbonyl (C=O) groups excluding carboxylic acids is 3. The van der Waals surface area contributed by atoms with Gasteiger partial charge in [-0.3, -0.25) is 14.4 Å². The Morgan fingerprint density at radius 1 is 1.29 bits per heavy atom. The Kier molecular flexibility index (Phi) is 8.46. The lowest BCUT2D eigenvalue weighted by atomic mass is 9.71. The molecule has 3 saturated heterocycles. The van der Waals surface area contributed by atoms with Gasteiger partial charge < -0.3 is 20.9 Å². The van der Waals surface area contributed by atoms with E-state index in [0.29, 0.717) is 36.5 Å². The molecule has 3 N–H and O–H groups in total. The predicted molar refractivity (Wildman–Crippen MR) is 138 cm³/mol. The van der Waals surface area contributed by atoms with Crippen LogP contribution in [0.4, 0.5) is 14.5 Å². The maximum absolute atomic E-state index is 15.1. The molecule has 0 radical (unpaired) electrons. The third-order valence-electron chi connectivity index (χ3n) is 7.78. The highest BCUT2D eigenvalue weighted by Crippen LogP contribution is 2.49.